The lowest BCUT2D eigenvalue weighted by Gasteiger charge is -2.17. The fourth-order valence-electron chi connectivity index (χ4n) is 1.99. The maximum Gasteiger partial charge on any atom is 0.162 e. The first-order valence-electron chi connectivity index (χ1n) is 6.01. The molecule has 2 aromatic carbocycles. The molecule has 6 heteroatoms. The van der Waals surface area contributed by atoms with Gasteiger partial charge in [0.15, 0.2) is 11.5 Å². The summed E-state index contributed by atoms with van der Waals surface area (Å²) in [5, 5.41) is 11.0. The molecular formula is C15H13Br2ClO3. The normalized spacial score (nSPS) is 12.1. The smallest absolute Gasteiger partial charge is 0.162 e. The SMILES string of the molecule is COc1cc(Cl)c(C(O)c2cc(Br)cc(Br)c2)cc1OC. The van der Waals surface area contributed by atoms with Gasteiger partial charge in [-0.3, -0.25) is 0 Å². The van der Waals surface area contributed by atoms with E-state index in [-0.39, 0.29) is 0 Å². The molecule has 0 aliphatic rings. The van der Waals surface area contributed by atoms with E-state index in [9.17, 15) is 5.11 Å². The minimum Gasteiger partial charge on any atom is -0.493 e. The summed E-state index contributed by atoms with van der Waals surface area (Å²) < 4.78 is 12.2. The molecule has 0 aromatic heterocycles. The Balaban J connectivity index is 2.49. The average molecular weight is 437 g/mol. The number of aliphatic hydroxyl groups excluding tert-OH is 1. The quantitative estimate of drug-likeness (QED) is 0.736. The van der Waals surface area contributed by atoms with E-state index in [0.29, 0.717) is 27.6 Å². The third kappa shape index (κ3) is 3.72. The van der Waals surface area contributed by atoms with Crippen LogP contribution in [0.5, 0.6) is 11.5 Å². The van der Waals surface area contributed by atoms with E-state index in [1.807, 2.05) is 18.2 Å². The first kappa shape index (κ1) is 16.6. The van der Waals surface area contributed by atoms with E-state index in [1.54, 1.807) is 12.1 Å². The van der Waals surface area contributed by atoms with E-state index in [1.165, 1.54) is 14.2 Å². The van der Waals surface area contributed by atoms with Crippen LogP contribution in [0, 0.1) is 0 Å². The van der Waals surface area contributed by atoms with E-state index < -0.39 is 6.10 Å². The van der Waals surface area contributed by atoms with Crippen molar-refractivity contribution in [2.45, 2.75) is 6.10 Å². The fourth-order valence-corrected chi connectivity index (χ4v) is 3.58. The lowest BCUT2D eigenvalue weighted by molar-refractivity contribution is 0.219. The van der Waals surface area contributed by atoms with Gasteiger partial charge in [0.2, 0.25) is 0 Å². The molecule has 0 spiro atoms. The Morgan fingerprint density at radius 1 is 0.952 bits per heavy atom. The number of hydrogen-bond acceptors (Lipinski definition) is 3. The van der Waals surface area contributed by atoms with Crippen molar-refractivity contribution in [2.24, 2.45) is 0 Å². The summed E-state index contributed by atoms with van der Waals surface area (Å²) in [4.78, 5) is 0. The molecule has 3 nitrogen and oxygen atoms in total. The maximum absolute atomic E-state index is 10.6. The van der Waals surface area contributed by atoms with Gasteiger partial charge in [-0.25, -0.2) is 0 Å². The summed E-state index contributed by atoms with van der Waals surface area (Å²) in [6, 6.07) is 8.88. The predicted molar refractivity (Wildman–Crippen MR) is 90.5 cm³/mol. The second-order valence-electron chi connectivity index (χ2n) is 4.33. The van der Waals surface area contributed by atoms with Crippen LogP contribution >= 0.6 is 43.5 Å². The monoisotopic (exact) mass is 434 g/mol. The minimum absolute atomic E-state index is 0.413. The van der Waals surface area contributed by atoms with E-state index in [0.717, 1.165) is 8.95 Å². The molecule has 2 rings (SSSR count). The van der Waals surface area contributed by atoms with Crippen molar-refractivity contribution in [3.63, 3.8) is 0 Å². The van der Waals surface area contributed by atoms with Gasteiger partial charge in [-0.1, -0.05) is 43.5 Å². The molecule has 1 N–H and O–H groups in total. The summed E-state index contributed by atoms with van der Waals surface area (Å²) in [6.07, 6.45) is -0.869. The first-order chi connectivity index (χ1) is 9.96. The Kier molecular flexibility index (Phi) is 5.54. The van der Waals surface area contributed by atoms with Gasteiger partial charge in [0.25, 0.3) is 0 Å². The van der Waals surface area contributed by atoms with Crippen LogP contribution in [0.25, 0.3) is 0 Å². The summed E-state index contributed by atoms with van der Waals surface area (Å²) in [5.41, 5.74) is 1.27. The van der Waals surface area contributed by atoms with Crippen molar-refractivity contribution in [1.82, 2.24) is 0 Å². The van der Waals surface area contributed by atoms with Crippen molar-refractivity contribution in [3.8, 4) is 11.5 Å². The molecule has 2 aromatic rings. The molecule has 21 heavy (non-hydrogen) atoms. The van der Waals surface area contributed by atoms with Gasteiger partial charge in [-0.15, -0.1) is 0 Å². The van der Waals surface area contributed by atoms with Crippen molar-refractivity contribution in [2.75, 3.05) is 14.2 Å². The molecule has 0 fully saturated rings. The van der Waals surface area contributed by atoms with Crippen LogP contribution < -0.4 is 9.47 Å². The lowest BCUT2D eigenvalue weighted by Crippen LogP contribution is -2.02. The Morgan fingerprint density at radius 2 is 1.48 bits per heavy atom. The molecule has 0 radical (unpaired) electrons. The number of benzene rings is 2. The maximum atomic E-state index is 10.6. The third-order valence-electron chi connectivity index (χ3n) is 3.00. The zero-order valence-electron chi connectivity index (χ0n) is 11.4. The third-order valence-corrected chi connectivity index (χ3v) is 4.24. The van der Waals surface area contributed by atoms with E-state index >= 15 is 0 Å². The topological polar surface area (TPSA) is 38.7 Å². The second-order valence-corrected chi connectivity index (χ2v) is 6.57. The van der Waals surface area contributed by atoms with Crippen LogP contribution in [0.15, 0.2) is 39.3 Å². The zero-order chi connectivity index (χ0) is 15.6. The highest BCUT2D eigenvalue weighted by molar-refractivity contribution is 9.11. The summed E-state index contributed by atoms with van der Waals surface area (Å²) in [5.74, 6) is 1.04. The van der Waals surface area contributed by atoms with Crippen LogP contribution in [0.1, 0.15) is 17.2 Å². The van der Waals surface area contributed by atoms with Gasteiger partial charge in [-0.2, -0.15) is 0 Å². The van der Waals surface area contributed by atoms with Crippen molar-refractivity contribution in [3.05, 3.63) is 55.4 Å². The predicted octanol–water partition coefficient (Wildman–Crippen LogP) is 4.96. The van der Waals surface area contributed by atoms with Gasteiger partial charge in [0, 0.05) is 20.6 Å². The molecule has 0 amide bonds. The average Bonchev–Trinajstić information content (AvgIpc) is 2.45. The molecule has 1 unspecified atom stereocenters. The zero-order valence-corrected chi connectivity index (χ0v) is 15.3. The molecule has 1 atom stereocenters. The lowest BCUT2D eigenvalue weighted by atomic mass is 10.0. The molecule has 0 saturated carbocycles. The first-order valence-corrected chi connectivity index (χ1v) is 7.98. The van der Waals surface area contributed by atoms with Crippen LogP contribution in [-0.4, -0.2) is 19.3 Å². The summed E-state index contributed by atoms with van der Waals surface area (Å²) in [7, 11) is 3.08. The Labute approximate surface area is 145 Å². The number of rotatable bonds is 4. The van der Waals surface area contributed by atoms with Crippen LogP contribution in [0.3, 0.4) is 0 Å². The highest BCUT2D eigenvalue weighted by Crippen LogP contribution is 2.38. The summed E-state index contributed by atoms with van der Waals surface area (Å²) in [6.45, 7) is 0. The Hall–Kier alpha value is -0.750. The standard InChI is InChI=1S/C15H13Br2ClO3/c1-20-13-6-11(12(18)7-14(13)21-2)15(19)8-3-9(16)5-10(17)4-8/h3-7,15,19H,1-2H3. The van der Waals surface area contributed by atoms with E-state index in [4.69, 9.17) is 21.1 Å². The second kappa shape index (κ2) is 7.01. The summed E-state index contributed by atoms with van der Waals surface area (Å²) >= 11 is 13.1. The van der Waals surface area contributed by atoms with Crippen molar-refractivity contribution < 1.29 is 14.6 Å². The molecule has 0 heterocycles. The van der Waals surface area contributed by atoms with Gasteiger partial charge in [0.05, 0.1) is 19.2 Å². The van der Waals surface area contributed by atoms with Crippen LogP contribution in [-0.2, 0) is 0 Å². The molecule has 112 valence electrons. The van der Waals surface area contributed by atoms with E-state index in [2.05, 4.69) is 31.9 Å². The number of methoxy groups -OCH3 is 2. The van der Waals surface area contributed by atoms with Crippen molar-refractivity contribution >= 4 is 43.5 Å². The minimum atomic E-state index is -0.869. The fraction of sp³-hybridized carbons (Fsp3) is 0.200. The van der Waals surface area contributed by atoms with Gasteiger partial charge in [0.1, 0.15) is 6.10 Å². The molecule has 0 bridgehead atoms. The number of ether oxygens (including phenoxy) is 2. The Morgan fingerprint density at radius 3 is 2.00 bits per heavy atom. The molecular weight excluding hydrogens is 423 g/mol. The molecule has 0 aliphatic carbocycles. The molecule has 0 saturated heterocycles. The number of halogens is 3. The molecule has 0 aliphatic heterocycles. The number of hydrogen-bond donors (Lipinski definition) is 1. The Bertz CT molecular complexity index is 641. The highest BCUT2D eigenvalue weighted by atomic mass is 79.9. The van der Waals surface area contributed by atoms with Gasteiger partial charge < -0.3 is 14.6 Å². The highest BCUT2D eigenvalue weighted by Gasteiger charge is 2.18. The number of aliphatic hydroxyl groups is 1. The van der Waals surface area contributed by atoms with Gasteiger partial charge in [-0.05, 0) is 29.8 Å². The van der Waals surface area contributed by atoms with Crippen molar-refractivity contribution in [1.29, 1.82) is 0 Å². The largest absolute Gasteiger partial charge is 0.493 e. The van der Waals surface area contributed by atoms with Crippen LogP contribution in [0.4, 0.5) is 0 Å². The van der Waals surface area contributed by atoms with Gasteiger partial charge >= 0.3 is 0 Å². The van der Waals surface area contributed by atoms with Crippen LogP contribution in [0.2, 0.25) is 5.02 Å².